The van der Waals surface area contributed by atoms with Crippen molar-refractivity contribution < 1.29 is 4.57 Å². The summed E-state index contributed by atoms with van der Waals surface area (Å²) in [7, 11) is -2.18. The zero-order valence-electron chi connectivity index (χ0n) is 9.60. The minimum atomic E-state index is -2.18. The Bertz CT molecular complexity index is 250. The van der Waals surface area contributed by atoms with Gasteiger partial charge in [0.1, 0.15) is 0 Å². The van der Waals surface area contributed by atoms with Crippen LogP contribution in [0.15, 0.2) is 0 Å². The molecule has 2 aliphatic rings. The fourth-order valence-corrected chi connectivity index (χ4v) is 5.99. The van der Waals surface area contributed by atoms with E-state index in [2.05, 4.69) is 37.0 Å². The predicted octanol–water partition coefficient (Wildman–Crippen LogP) is 2.39. The Morgan fingerprint density at radius 3 is 1.86 bits per heavy atom. The average Bonchev–Trinajstić information content (AvgIpc) is 3.02. The monoisotopic (exact) mass is 216 g/mol. The lowest BCUT2D eigenvalue weighted by molar-refractivity contribution is 0.490. The molecule has 2 fully saturated rings. The van der Waals surface area contributed by atoms with Crippen molar-refractivity contribution >= 4 is 7.44 Å². The van der Waals surface area contributed by atoms with Crippen LogP contribution in [-0.4, -0.2) is 40.2 Å². The first-order chi connectivity index (χ1) is 6.51. The van der Waals surface area contributed by atoms with Crippen LogP contribution in [0.3, 0.4) is 0 Å². The predicted molar refractivity (Wildman–Crippen MR) is 59.7 cm³/mol. The molecule has 0 aliphatic carbocycles. The van der Waals surface area contributed by atoms with Crippen LogP contribution in [0, 0.1) is 0 Å². The second kappa shape index (κ2) is 3.33. The third kappa shape index (κ3) is 1.46. The minimum Gasteiger partial charge on any atom is -0.288 e. The van der Waals surface area contributed by atoms with Crippen molar-refractivity contribution in [2.45, 2.75) is 51.9 Å². The molecule has 2 aliphatic heterocycles. The van der Waals surface area contributed by atoms with Crippen LogP contribution < -0.4 is 0 Å². The molecular formula is C10H21N2OP. The van der Waals surface area contributed by atoms with Crippen LogP contribution in [0.1, 0.15) is 34.1 Å². The van der Waals surface area contributed by atoms with Crippen molar-refractivity contribution in [3.63, 3.8) is 0 Å². The molecule has 5 atom stereocenters. The standard InChI is InChI=1S/C10H21N2OP/c1-5-10(4)14(13,11-6-8(11)2)12-7-9(12)3/h8-10H,5-7H2,1-4H3/t8-,9-,10+,11?,12?,14?/m1/s1. The summed E-state index contributed by atoms with van der Waals surface area (Å²) in [6.07, 6.45) is 1.02. The molecule has 0 aromatic carbocycles. The maximum Gasteiger partial charge on any atom is 0.219 e. The van der Waals surface area contributed by atoms with Crippen molar-refractivity contribution in [1.82, 2.24) is 9.34 Å². The summed E-state index contributed by atoms with van der Waals surface area (Å²) >= 11 is 0. The number of rotatable bonds is 4. The topological polar surface area (TPSA) is 23.1 Å². The molecule has 0 radical (unpaired) electrons. The minimum absolute atomic E-state index is 0.331. The highest BCUT2D eigenvalue weighted by atomic mass is 31.2. The maximum atomic E-state index is 12.9. The third-order valence-electron chi connectivity index (χ3n) is 3.55. The first-order valence-corrected chi connectivity index (χ1v) is 7.34. The molecule has 2 unspecified atom stereocenters. The Morgan fingerprint density at radius 2 is 1.64 bits per heavy atom. The van der Waals surface area contributed by atoms with Gasteiger partial charge in [0, 0.05) is 30.8 Å². The van der Waals surface area contributed by atoms with Gasteiger partial charge >= 0.3 is 0 Å². The van der Waals surface area contributed by atoms with Crippen LogP contribution >= 0.6 is 7.44 Å². The SMILES string of the molecule is CC[C@H](C)P(=O)(N1C[C@H]1C)N1C[C@H]1C. The van der Waals surface area contributed by atoms with E-state index in [0.717, 1.165) is 19.5 Å². The highest BCUT2D eigenvalue weighted by Crippen LogP contribution is 2.67. The molecule has 0 N–H and O–H groups in total. The zero-order valence-corrected chi connectivity index (χ0v) is 10.5. The van der Waals surface area contributed by atoms with Gasteiger partial charge in [0.15, 0.2) is 0 Å². The number of hydrogen-bond donors (Lipinski definition) is 0. The van der Waals surface area contributed by atoms with Gasteiger partial charge in [-0.15, -0.1) is 0 Å². The van der Waals surface area contributed by atoms with Crippen molar-refractivity contribution in [3.05, 3.63) is 0 Å². The van der Waals surface area contributed by atoms with E-state index in [1.165, 1.54) is 0 Å². The Labute approximate surface area is 86.9 Å². The van der Waals surface area contributed by atoms with E-state index in [1.807, 2.05) is 0 Å². The van der Waals surface area contributed by atoms with E-state index in [1.54, 1.807) is 0 Å². The van der Waals surface area contributed by atoms with E-state index in [9.17, 15) is 4.57 Å². The van der Waals surface area contributed by atoms with Gasteiger partial charge in [-0.3, -0.25) is 4.57 Å². The molecule has 2 rings (SSSR count). The van der Waals surface area contributed by atoms with E-state index in [4.69, 9.17) is 0 Å². The molecule has 0 amide bonds. The summed E-state index contributed by atoms with van der Waals surface area (Å²) in [5.74, 6) is 0. The van der Waals surface area contributed by atoms with Crippen molar-refractivity contribution in [2.75, 3.05) is 13.1 Å². The van der Waals surface area contributed by atoms with Crippen molar-refractivity contribution in [2.24, 2.45) is 0 Å². The molecule has 0 aromatic heterocycles. The van der Waals surface area contributed by atoms with Gasteiger partial charge in [0.2, 0.25) is 7.44 Å². The Balaban J connectivity index is 2.17. The van der Waals surface area contributed by atoms with Gasteiger partial charge < -0.3 is 0 Å². The lowest BCUT2D eigenvalue weighted by Gasteiger charge is -2.27. The van der Waals surface area contributed by atoms with Gasteiger partial charge in [0.25, 0.3) is 0 Å². The summed E-state index contributed by atoms with van der Waals surface area (Å²) in [5, 5.41) is 0. The van der Waals surface area contributed by atoms with Gasteiger partial charge in [0.05, 0.1) is 0 Å². The van der Waals surface area contributed by atoms with Gasteiger partial charge in [-0.1, -0.05) is 13.8 Å². The van der Waals surface area contributed by atoms with Gasteiger partial charge in [-0.2, -0.15) is 0 Å². The number of nitrogens with zero attached hydrogens (tertiary/aromatic N) is 2. The van der Waals surface area contributed by atoms with E-state index >= 15 is 0 Å². The molecule has 2 heterocycles. The van der Waals surface area contributed by atoms with Crippen LogP contribution in [0.25, 0.3) is 0 Å². The first-order valence-electron chi connectivity index (χ1n) is 5.65. The Hall–Kier alpha value is 0.150. The van der Waals surface area contributed by atoms with Crippen LogP contribution in [-0.2, 0) is 4.57 Å². The molecule has 3 nitrogen and oxygen atoms in total. The summed E-state index contributed by atoms with van der Waals surface area (Å²) in [4.78, 5) is 0. The Morgan fingerprint density at radius 1 is 1.29 bits per heavy atom. The lowest BCUT2D eigenvalue weighted by atomic mass is 10.4. The van der Waals surface area contributed by atoms with E-state index in [0.29, 0.717) is 17.7 Å². The maximum absolute atomic E-state index is 12.9. The molecule has 14 heavy (non-hydrogen) atoms. The molecule has 0 aromatic rings. The molecule has 0 bridgehead atoms. The van der Waals surface area contributed by atoms with Crippen molar-refractivity contribution in [1.29, 1.82) is 0 Å². The zero-order chi connectivity index (χ0) is 10.5. The molecule has 2 saturated heterocycles. The lowest BCUT2D eigenvalue weighted by Crippen LogP contribution is -2.17. The summed E-state index contributed by atoms with van der Waals surface area (Å²) in [6.45, 7) is 10.7. The smallest absolute Gasteiger partial charge is 0.219 e. The molecule has 0 saturated carbocycles. The summed E-state index contributed by atoms with van der Waals surface area (Å²) in [6, 6.07) is 1.09. The molecule has 0 spiro atoms. The fraction of sp³-hybridized carbons (Fsp3) is 1.00. The van der Waals surface area contributed by atoms with Gasteiger partial charge in [-0.05, 0) is 20.3 Å². The van der Waals surface area contributed by atoms with Gasteiger partial charge in [-0.25, -0.2) is 9.34 Å². The third-order valence-corrected chi connectivity index (χ3v) is 7.66. The second-order valence-electron chi connectivity index (χ2n) is 4.79. The Kier molecular flexibility index (Phi) is 2.53. The van der Waals surface area contributed by atoms with E-state index < -0.39 is 7.44 Å². The normalized spacial score (nSPS) is 46.9. The average molecular weight is 216 g/mol. The van der Waals surface area contributed by atoms with E-state index in [-0.39, 0.29) is 0 Å². The second-order valence-corrected chi connectivity index (χ2v) is 7.88. The molecule has 4 heteroatoms. The largest absolute Gasteiger partial charge is 0.288 e. The van der Waals surface area contributed by atoms with Crippen LogP contribution in [0.2, 0.25) is 0 Å². The molecule has 82 valence electrons. The van der Waals surface area contributed by atoms with Crippen LogP contribution in [0.5, 0.6) is 0 Å². The van der Waals surface area contributed by atoms with Crippen LogP contribution in [0.4, 0.5) is 0 Å². The highest BCUT2D eigenvalue weighted by Gasteiger charge is 2.56. The summed E-state index contributed by atoms with van der Waals surface area (Å²) < 4.78 is 17.4. The quantitative estimate of drug-likeness (QED) is 0.532. The number of hydrogen-bond acceptors (Lipinski definition) is 1. The summed E-state index contributed by atoms with van der Waals surface area (Å²) in [5.41, 5.74) is 0.331. The van der Waals surface area contributed by atoms with Crippen molar-refractivity contribution in [3.8, 4) is 0 Å². The first kappa shape index (κ1) is 10.7. The molecular weight excluding hydrogens is 195 g/mol. The fourth-order valence-electron chi connectivity index (χ4n) is 2.14. The highest BCUT2D eigenvalue weighted by molar-refractivity contribution is 7.60.